The molecule has 1 atom stereocenters. The number of piperazine rings is 1. The molecule has 1 saturated heterocycles. The molecule has 29 heavy (non-hydrogen) atoms. The van der Waals surface area contributed by atoms with Crippen LogP contribution in [-0.2, 0) is 12.8 Å². The number of carbonyl (C=O) groups is 1. The Morgan fingerprint density at radius 3 is 2.41 bits per heavy atom. The lowest BCUT2D eigenvalue weighted by Crippen LogP contribution is -2.45. The summed E-state index contributed by atoms with van der Waals surface area (Å²) in [5, 5.41) is 3.35. The standard InChI is InChI=1S/C25H33N3O/c1-17-14-18(2)24(19(3)15-17)25(29)26-21-9-8-20-6-5-7-23(22(20)16-21)28-12-10-27(4)11-13-28/h5-7,14-15,21H,8-13,16H2,1-4H3,(H,26,29)/t21-/m1/s1. The maximum Gasteiger partial charge on any atom is 0.252 e. The third kappa shape index (κ3) is 4.18. The zero-order chi connectivity index (χ0) is 20.5. The molecule has 1 amide bonds. The van der Waals surface area contributed by atoms with Gasteiger partial charge in [-0.05, 0) is 75.4 Å². The van der Waals surface area contributed by atoms with Gasteiger partial charge in [0.05, 0.1) is 0 Å². The van der Waals surface area contributed by atoms with E-state index in [0.717, 1.165) is 62.1 Å². The van der Waals surface area contributed by atoms with Crippen LogP contribution in [0.5, 0.6) is 0 Å². The molecule has 0 unspecified atom stereocenters. The minimum absolute atomic E-state index is 0.0746. The van der Waals surface area contributed by atoms with E-state index >= 15 is 0 Å². The van der Waals surface area contributed by atoms with Crippen molar-refractivity contribution in [2.45, 2.75) is 46.1 Å². The second-order valence-electron chi connectivity index (χ2n) is 8.89. The van der Waals surface area contributed by atoms with E-state index in [1.165, 1.54) is 22.4 Å². The van der Waals surface area contributed by atoms with Crippen LogP contribution in [0.4, 0.5) is 5.69 Å². The van der Waals surface area contributed by atoms with Crippen molar-refractivity contribution in [1.29, 1.82) is 0 Å². The van der Waals surface area contributed by atoms with Crippen LogP contribution in [0.25, 0.3) is 0 Å². The molecule has 2 aromatic carbocycles. The first-order chi connectivity index (χ1) is 13.9. The molecule has 2 aliphatic rings. The monoisotopic (exact) mass is 391 g/mol. The zero-order valence-electron chi connectivity index (χ0n) is 18.2. The van der Waals surface area contributed by atoms with E-state index in [9.17, 15) is 4.79 Å². The van der Waals surface area contributed by atoms with E-state index in [1.807, 2.05) is 13.8 Å². The van der Waals surface area contributed by atoms with Crippen molar-refractivity contribution in [2.24, 2.45) is 0 Å². The number of hydrogen-bond donors (Lipinski definition) is 1. The van der Waals surface area contributed by atoms with Crippen LogP contribution in [0, 0.1) is 20.8 Å². The molecule has 1 fully saturated rings. The molecule has 4 rings (SSSR count). The van der Waals surface area contributed by atoms with Crippen LogP contribution in [-0.4, -0.2) is 50.1 Å². The number of aryl methyl sites for hydroxylation is 4. The van der Waals surface area contributed by atoms with Crippen LogP contribution < -0.4 is 10.2 Å². The number of amides is 1. The molecule has 4 nitrogen and oxygen atoms in total. The zero-order valence-corrected chi connectivity index (χ0v) is 18.2. The van der Waals surface area contributed by atoms with Crippen molar-refractivity contribution < 1.29 is 4.79 Å². The number of nitrogens with zero attached hydrogens (tertiary/aromatic N) is 2. The number of fused-ring (bicyclic) bond motifs is 1. The predicted molar refractivity (Wildman–Crippen MR) is 120 cm³/mol. The molecule has 154 valence electrons. The van der Waals surface area contributed by atoms with Gasteiger partial charge in [-0.2, -0.15) is 0 Å². The van der Waals surface area contributed by atoms with E-state index in [4.69, 9.17) is 0 Å². The highest BCUT2D eigenvalue weighted by Crippen LogP contribution is 2.31. The Hall–Kier alpha value is -2.33. The fourth-order valence-electron chi connectivity index (χ4n) is 5.03. The highest BCUT2D eigenvalue weighted by Gasteiger charge is 2.26. The Kier molecular flexibility index (Phi) is 5.64. The van der Waals surface area contributed by atoms with Crippen LogP contribution in [0.2, 0.25) is 0 Å². The lowest BCUT2D eigenvalue weighted by Gasteiger charge is -2.37. The third-order valence-electron chi connectivity index (χ3n) is 6.54. The summed E-state index contributed by atoms with van der Waals surface area (Å²) >= 11 is 0. The maximum atomic E-state index is 13.1. The van der Waals surface area contributed by atoms with Gasteiger partial charge >= 0.3 is 0 Å². The first-order valence-electron chi connectivity index (χ1n) is 10.9. The molecule has 0 bridgehead atoms. The Balaban J connectivity index is 1.52. The first-order valence-corrected chi connectivity index (χ1v) is 10.9. The molecule has 1 N–H and O–H groups in total. The minimum atomic E-state index is 0.0746. The SMILES string of the molecule is Cc1cc(C)c(C(=O)N[C@@H]2CCc3cccc(N4CCN(C)CC4)c3C2)c(C)c1. The van der Waals surface area contributed by atoms with Gasteiger partial charge in [0.25, 0.3) is 5.91 Å². The Morgan fingerprint density at radius 1 is 1.03 bits per heavy atom. The van der Waals surface area contributed by atoms with E-state index in [1.54, 1.807) is 0 Å². The molecule has 0 saturated carbocycles. The Labute approximate surface area is 174 Å². The Morgan fingerprint density at radius 2 is 1.72 bits per heavy atom. The van der Waals surface area contributed by atoms with Crippen molar-refractivity contribution in [1.82, 2.24) is 10.2 Å². The number of carbonyl (C=O) groups excluding carboxylic acids is 1. The summed E-state index contributed by atoms with van der Waals surface area (Å²) in [5.74, 6) is 0.0746. The van der Waals surface area contributed by atoms with E-state index in [2.05, 4.69) is 59.4 Å². The summed E-state index contributed by atoms with van der Waals surface area (Å²) in [4.78, 5) is 18.0. The van der Waals surface area contributed by atoms with Crippen molar-refractivity contribution in [3.63, 3.8) is 0 Å². The van der Waals surface area contributed by atoms with E-state index in [0.29, 0.717) is 0 Å². The average molecular weight is 392 g/mol. The van der Waals surface area contributed by atoms with Gasteiger partial charge in [0.2, 0.25) is 0 Å². The summed E-state index contributed by atoms with van der Waals surface area (Å²) < 4.78 is 0. The molecule has 4 heteroatoms. The minimum Gasteiger partial charge on any atom is -0.369 e. The van der Waals surface area contributed by atoms with Crippen LogP contribution >= 0.6 is 0 Å². The van der Waals surface area contributed by atoms with Crippen molar-refractivity contribution in [2.75, 3.05) is 38.1 Å². The summed E-state index contributed by atoms with van der Waals surface area (Å²) in [6, 6.07) is 11.1. The summed E-state index contributed by atoms with van der Waals surface area (Å²) in [6.45, 7) is 10.5. The van der Waals surface area contributed by atoms with Crippen molar-refractivity contribution in [3.05, 3.63) is 63.7 Å². The third-order valence-corrected chi connectivity index (χ3v) is 6.54. The highest BCUT2D eigenvalue weighted by atomic mass is 16.1. The van der Waals surface area contributed by atoms with Crippen LogP contribution in [0.1, 0.15) is 44.6 Å². The number of hydrogen-bond acceptors (Lipinski definition) is 3. The second-order valence-corrected chi connectivity index (χ2v) is 8.89. The van der Waals surface area contributed by atoms with Gasteiger partial charge in [-0.1, -0.05) is 29.8 Å². The molecule has 1 heterocycles. The van der Waals surface area contributed by atoms with Gasteiger partial charge in [0.1, 0.15) is 0 Å². The molecular formula is C25H33N3O. The number of rotatable bonds is 3. The van der Waals surface area contributed by atoms with Gasteiger partial charge in [-0.3, -0.25) is 4.79 Å². The summed E-state index contributed by atoms with van der Waals surface area (Å²) in [7, 11) is 2.19. The van der Waals surface area contributed by atoms with Gasteiger partial charge in [-0.25, -0.2) is 0 Å². The Bertz CT molecular complexity index is 889. The quantitative estimate of drug-likeness (QED) is 0.868. The molecule has 2 aromatic rings. The van der Waals surface area contributed by atoms with Crippen molar-refractivity contribution in [3.8, 4) is 0 Å². The van der Waals surface area contributed by atoms with E-state index < -0.39 is 0 Å². The molecular weight excluding hydrogens is 358 g/mol. The second kappa shape index (κ2) is 8.19. The topological polar surface area (TPSA) is 35.6 Å². The fraction of sp³-hybridized carbons (Fsp3) is 0.480. The lowest BCUT2D eigenvalue weighted by molar-refractivity contribution is 0.0932. The summed E-state index contributed by atoms with van der Waals surface area (Å²) in [5.41, 5.74) is 8.44. The number of anilines is 1. The van der Waals surface area contributed by atoms with Gasteiger partial charge < -0.3 is 15.1 Å². The van der Waals surface area contributed by atoms with E-state index in [-0.39, 0.29) is 11.9 Å². The molecule has 1 aliphatic carbocycles. The van der Waals surface area contributed by atoms with Crippen LogP contribution in [0.3, 0.4) is 0 Å². The van der Waals surface area contributed by atoms with Crippen molar-refractivity contribution >= 4 is 11.6 Å². The first kappa shape index (κ1) is 20.0. The number of likely N-dealkylation sites (N-methyl/N-ethyl adjacent to an activating group) is 1. The molecule has 0 spiro atoms. The van der Waals surface area contributed by atoms with Gasteiger partial charge in [-0.15, -0.1) is 0 Å². The normalized spacial score (nSPS) is 19.7. The smallest absolute Gasteiger partial charge is 0.252 e. The number of nitrogens with one attached hydrogen (secondary N) is 1. The molecule has 0 radical (unpaired) electrons. The fourth-order valence-corrected chi connectivity index (χ4v) is 5.03. The molecule has 0 aromatic heterocycles. The number of benzene rings is 2. The average Bonchev–Trinajstić information content (AvgIpc) is 2.67. The summed E-state index contributed by atoms with van der Waals surface area (Å²) in [6.07, 6.45) is 2.97. The predicted octanol–water partition coefficient (Wildman–Crippen LogP) is 3.65. The van der Waals surface area contributed by atoms with Gasteiger partial charge in [0.15, 0.2) is 0 Å². The molecule has 1 aliphatic heterocycles. The largest absolute Gasteiger partial charge is 0.369 e. The lowest BCUT2D eigenvalue weighted by atomic mass is 9.86. The highest BCUT2D eigenvalue weighted by molar-refractivity contribution is 5.97. The van der Waals surface area contributed by atoms with Crippen LogP contribution in [0.15, 0.2) is 30.3 Å². The van der Waals surface area contributed by atoms with Gasteiger partial charge in [0, 0.05) is 43.5 Å². The maximum absolute atomic E-state index is 13.1.